The van der Waals surface area contributed by atoms with Gasteiger partial charge in [-0.3, -0.25) is 9.59 Å². The Morgan fingerprint density at radius 1 is 1.04 bits per heavy atom. The monoisotopic (exact) mass is 322 g/mol. The maximum absolute atomic E-state index is 11.6. The Kier molecular flexibility index (Phi) is 18.8. The molecule has 0 unspecified atom stereocenters. The Morgan fingerprint density at radius 2 is 1.61 bits per heavy atom. The van der Waals surface area contributed by atoms with E-state index >= 15 is 0 Å². The summed E-state index contributed by atoms with van der Waals surface area (Å²) >= 11 is 0. The highest BCUT2D eigenvalue weighted by Crippen LogP contribution is 2.05. The topological polar surface area (TPSA) is 58.2 Å². The minimum absolute atomic E-state index is 0.175. The zero-order chi connectivity index (χ0) is 17.9. The molecule has 0 spiro atoms. The number of nitrogens with one attached hydrogen (secondary N) is 2. The summed E-state index contributed by atoms with van der Waals surface area (Å²) in [6.07, 6.45) is 5.29. The number of unbranched alkanes of at least 4 members (excludes halogenated alkanes) is 2. The predicted molar refractivity (Wildman–Crippen MR) is 99.3 cm³/mol. The molecule has 0 saturated heterocycles. The summed E-state index contributed by atoms with van der Waals surface area (Å²) in [6, 6.07) is 6.79. The van der Waals surface area contributed by atoms with Gasteiger partial charge in [0.2, 0.25) is 0 Å². The maximum Gasteiger partial charge on any atom is 0.252 e. The maximum atomic E-state index is 11.6. The summed E-state index contributed by atoms with van der Waals surface area (Å²) in [4.78, 5) is 22.3. The number of benzene rings is 1. The number of hydrogen-bond donors (Lipinski definition) is 2. The Bertz CT molecular complexity index is 402. The molecule has 0 aliphatic carbocycles. The van der Waals surface area contributed by atoms with Crippen molar-refractivity contribution in [3.05, 3.63) is 35.4 Å². The first-order valence-electron chi connectivity index (χ1n) is 8.68. The molecule has 1 amide bonds. The molecule has 0 aliphatic rings. The lowest BCUT2D eigenvalue weighted by Gasteiger charge is -2.05. The third-order valence-electron chi connectivity index (χ3n) is 2.93. The van der Waals surface area contributed by atoms with E-state index in [1.54, 1.807) is 24.3 Å². The number of hydrogen-bond acceptors (Lipinski definition) is 3. The van der Waals surface area contributed by atoms with Gasteiger partial charge in [-0.1, -0.05) is 58.7 Å². The van der Waals surface area contributed by atoms with Crippen LogP contribution in [0.15, 0.2) is 24.3 Å². The van der Waals surface area contributed by atoms with E-state index in [0.29, 0.717) is 24.0 Å². The zero-order valence-electron chi connectivity index (χ0n) is 15.4. The summed E-state index contributed by atoms with van der Waals surface area (Å²) < 4.78 is 0. The molecule has 0 bridgehead atoms. The third-order valence-corrected chi connectivity index (χ3v) is 2.93. The number of aldehydes is 1. The molecule has 0 radical (unpaired) electrons. The van der Waals surface area contributed by atoms with E-state index < -0.39 is 0 Å². The predicted octanol–water partition coefficient (Wildman–Crippen LogP) is 4.06. The average Bonchev–Trinajstić information content (AvgIpc) is 2.62. The van der Waals surface area contributed by atoms with Crippen LogP contribution in [0.5, 0.6) is 0 Å². The molecule has 1 rings (SSSR count). The molecule has 4 nitrogen and oxygen atoms in total. The van der Waals surface area contributed by atoms with Gasteiger partial charge in [0.15, 0.2) is 6.29 Å². The second-order valence-electron chi connectivity index (χ2n) is 4.77. The van der Waals surface area contributed by atoms with E-state index in [9.17, 15) is 9.59 Å². The van der Waals surface area contributed by atoms with Crippen molar-refractivity contribution in [2.24, 2.45) is 0 Å². The van der Waals surface area contributed by atoms with Crippen LogP contribution in [-0.4, -0.2) is 32.3 Å². The van der Waals surface area contributed by atoms with Crippen molar-refractivity contribution in [2.45, 2.75) is 53.4 Å². The first-order valence-corrected chi connectivity index (χ1v) is 8.68. The van der Waals surface area contributed by atoms with E-state index in [0.717, 1.165) is 19.4 Å². The molecule has 0 fully saturated rings. The largest absolute Gasteiger partial charge is 0.352 e. The molecule has 0 atom stereocenters. The standard InChI is InChI=1S/C12H15NO2.C5H13N.C2H6/c1-2-3-8-13-12(15)11-7-5-4-6-10(11)9-14;1-3-4-5-6-2;1-2/h4-7,9H,2-3,8H2,1H3,(H,13,15);6H,3-5H2,1-2H3;1-2H3. The quantitative estimate of drug-likeness (QED) is 0.560. The zero-order valence-corrected chi connectivity index (χ0v) is 15.4. The summed E-state index contributed by atoms with van der Waals surface area (Å²) in [5.74, 6) is -0.175. The van der Waals surface area contributed by atoms with E-state index in [1.807, 2.05) is 20.9 Å². The third kappa shape index (κ3) is 12.5. The first-order chi connectivity index (χ1) is 11.2. The van der Waals surface area contributed by atoms with Crippen LogP contribution in [0.1, 0.15) is 74.1 Å². The van der Waals surface area contributed by atoms with Crippen LogP contribution >= 0.6 is 0 Å². The Labute approximate surface area is 142 Å². The highest BCUT2D eigenvalue weighted by Gasteiger charge is 2.08. The Morgan fingerprint density at radius 3 is 2.09 bits per heavy atom. The van der Waals surface area contributed by atoms with Gasteiger partial charge in [-0.25, -0.2) is 0 Å². The van der Waals surface area contributed by atoms with Crippen LogP contribution in [0.3, 0.4) is 0 Å². The molecule has 0 aromatic heterocycles. The SMILES string of the molecule is CC.CCCCNC.CCCCNC(=O)c1ccccc1C=O. The molecule has 4 heteroatoms. The summed E-state index contributed by atoms with van der Waals surface area (Å²) in [5, 5.41) is 5.85. The molecule has 0 saturated carbocycles. The highest BCUT2D eigenvalue weighted by molar-refractivity contribution is 6.01. The fourth-order valence-corrected chi connectivity index (χ4v) is 1.63. The van der Waals surface area contributed by atoms with Crippen LogP contribution in [0, 0.1) is 0 Å². The van der Waals surface area contributed by atoms with Crippen molar-refractivity contribution >= 4 is 12.2 Å². The van der Waals surface area contributed by atoms with Crippen molar-refractivity contribution in [3.8, 4) is 0 Å². The first kappa shape index (κ1) is 23.6. The van der Waals surface area contributed by atoms with Crippen molar-refractivity contribution in [2.75, 3.05) is 20.1 Å². The van der Waals surface area contributed by atoms with Crippen LogP contribution in [-0.2, 0) is 0 Å². The Balaban J connectivity index is 0. The molecular formula is C19H34N2O2. The molecule has 1 aromatic rings. The van der Waals surface area contributed by atoms with Gasteiger partial charge in [-0.05, 0) is 32.5 Å². The molecular weight excluding hydrogens is 288 g/mol. The lowest BCUT2D eigenvalue weighted by atomic mass is 10.1. The van der Waals surface area contributed by atoms with Crippen LogP contribution < -0.4 is 10.6 Å². The van der Waals surface area contributed by atoms with E-state index in [1.165, 1.54) is 12.8 Å². The second-order valence-corrected chi connectivity index (χ2v) is 4.77. The van der Waals surface area contributed by atoms with Crippen LogP contribution in [0.2, 0.25) is 0 Å². The van der Waals surface area contributed by atoms with E-state index in [-0.39, 0.29) is 5.91 Å². The number of rotatable bonds is 8. The average molecular weight is 322 g/mol. The smallest absolute Gasteiger partial charge is 0.252 e. The number of carbonyl (C=O) groups is 2. The van der Waals surface area contributed by atoms with Crippen molar-refractivity contribution in [1.29, 1.82) is 0 Å². The normalized spacial score (nSPS) is 8.91. The van der Waals surface area contributed by atoms with Gasteiger partial charge in [0.25, 0.3) is 5.91 Å². The van der Waals surface area contributed by atoms with Crippen molar-refractivity contribution < 1.29 is 9.59 Å². The van der Waals surface area contributed by atoms with E-state index in [2.05, 4.69) is 24.5 Å². The fourth-order valence-electron chi connectivity index (χ4n) is 1.63. The molecule has 2 N–H and O–H groups in total. The van der Waals surface area contributed by atoms with Gasteiger partial charge in [-0.2, -0.15) is 0 Å². The summed E-state index contributed by atoms with van der Waals surface area (Å²) in [6.45, 7) is 10.1. The molecule has 23 heavy (non-hydrogen) atoms. The summed E-state index contributed by atoms with van der Waals surface area (Å²) in [5.41, 5.74) is 0.884. The molecule has 1 aromatic carbocycles. The van der Waals surface area contributed by atoms with Gasteiger partial charge >= 0.3 is 0 Å². The van der Waals surface area contributed by atoms with Gasteiger partial charge in [0.05, 0.1) is 0 Å². The van der Waals surface area contributed by atoms with Gasteiger partial charge in [-0.15, -0.1) is 0 Å². The second kappa shape index (κ2) is 18.4. The summed E-state index contributed by atoms with van der Waals surface area (Å²) in [7, 11) is 1.98. The molecule has 132 valence electrons. The molecule has 0 heterocycles. The van der Waals surface area contributed by atoms with E-state index in [4.69, 9.17) is 0 Å². The van der Waals surface area contributed by atoms with Crippen LogP contribution in [0.4, 0.5) is 0 Å². The van der Waals surface area contributed by atoms with Gasteiger partial charge in [0.1, 0.15) is 0 Å². The minimum Gasteiger partial charge on any atom is -0.352 e. The fraction of sp³-hybridized carbons (Fsp3) is 0.579. The van der Waals surface area contributed by atoms with Crippen LogP contribution in [0.25, 0.3) is 0 Å². The van der Waals surface area contributed by atoms with Crippen molar-refractivity contribution in [1.82, 2.24) is 10.6 Å². The lowest BCUT2D eigenvalue weighted by molar-refractivity contribution is 0.0947. The van der Waals surface area contributed by atoms with Gasteiger partial charge in [0, 0.05) is 17.7 Å². The van der Waals surface area contributed by atoms with Crippen molar-refractivity contribution in [3.63, 3.8) is 0 Å². The minimum atomic E-state index is -0.175. The van der Waals surface area contributed by atoms with Gasteiger partial charge < -0.3 is 10.6 Å². The Hall–Kier alpha value is -1.68. The number of carbonyl (C=O) groups excluding carboxylic acids is 2. The highest BCUT2D eigenvalue weighted by atomic mass is 16.1. The molecule has 0 aliphatic heterocycles. The lowest BCUT2D eigenvalue weighted by Crippen LogP contribution is -2.25. The number of amides is 1.